The van der Waals surface area contributed by atoms with Gasteiger partial charge in [0.25, 0.3) is 0 Å². The van der Waals surface area contributed by atoms with E-state index in [9.17, 15) is 0 Å². The number of hydrogen-bond acceptors (Lipinski definition) is 5. The van der Waals surface area contributed by atoms with E-state index in [0.717, 1.165) is 34.0 Å². The van der Waals surface area contributed by atoms with Gasteiger partial charge in [0.05, 0.1) is 17.4 Å². The van der Waals surface area contributed by atoms with Gasteiger partial charge in [-0.3, -0.25) is 9.67 Å². The number of rotatable bonds is 5. The van der Waals surface area contributed by atoms with Gasteiger partial charge in [0, 0.05) is 35.4 Å². The summed E-state index contributed by atoms with van der Waals surface area (Å²) in [5, 5.41) is 7.85. The second-order valence-electron chi connectivity index (χ2n) is 6.45. The standard InChI is InChI=1S/C19H24N6/c1-12-6-7-17(16(5)22-12)18-8-9-20-19(23-18)21-11-15(4)25-14(3)10-13(2)24-25/h6-10,15H,11H2,1-5H3,(H,20,21,23). The molecule has 0 saturated carbocycles. The van der Waals surface area contributed by atoms with Crippen LogP contribution in [0.4, 0.5) is 5.95 Å². The highest BCUT2D eigenvalue weighted by Crippen LogP contribution is 2.21. The molecular weight excluding hydrogens is 312 g/mol. The fraction of sp³-hybridized carbons (Fsp3) is 0.368. The van der Waals surface area contributed by atoms with Gasteiger partial charge in [-0.05, 0) is 58.9 Å². The van der Waals surface area contributed by atoms with E-state index < -0.39 is 0 Å². The normalized spacial score (nSPS) is 12.2. The molecule has 0 aliphatic rings. The van der Waals surface area contributed by atoms with E-state index in [1.807, 2.05) is 37.6 Å². The van der Waals surface area contributed by atoms with Crippen LogP contribution >= 0.6 is 0 Å². The highest BCUT2D eigenvalue weighted by Gasteiger charge is 2.11. The van der Waals surface area contributed by atoms with Gasteiger partial charge in [-0.2, -0.15) is 5.10 Å². The molecule has 0 aliphatic carbocycles. The molecule has 0 aromatic carbocycles. The zero-order chi connectivity index (χ0) is 18.0. The van der Waals surface area contributed by atoms with Crippen LogP contribution in [0.3, 0.4) is 0 Å². The molecular formula is C19H24N6. The summed E-state index contributed by atoms with van der Waals surface area (Å²) in [6.07, 6.45) is 1.78. The van der Waals surface area contributed by atoms with Crippen molar-refractivity contribution < 1.29 is 0 Å². The quantitative estimate of drug-likeness (QED) is 0.770. The smallest absolute Gasteiger partial charge is 0.223 e. The SMILES string of the molecule is Cc1ccc(-c2ccnc(NCC(C)n3nc(C)cc3C)n2)c(C)n1. The molecule has 1 unspecified atom stereocenters. The Balaban J connectivity index is 1.75. The summed E-state index contributed by atoms with van der Waals surface area (Å²) in [5.74, 6) is 0.617. The monoisotopic (exact) mass is 336 g/mol. The van der Waals surface area contributed by atoms with Gasteiger partial charge in [-0.1, -0.05) is 0 Å². The Morgan fingerprint density at radius 1 is 1.04 bits per heavy atom. The topological polar surface area (TPSA) is 68.5 Å². The van der Waals surface area contributed by atoms with Crippen LogP contribution in [-0.2, 0) is 0 Å². The lowest BCUT2D eigenvalue weighted by Crippen LogP contribution is -2.19. The predicted molar refractivity (Wildman–Crippen MR) is 99.6 cm³/mol. The summed E-state index contributed by atoms with van der Waals surface area (Å²) in [4.78, 5) is 13.5. The average molecular weight is 336 g/mol. The molecule has 3 heterocycles. The highest BCUT2D eigenvalue weighted by molar-refractivity contribution is 5.62. The average Bonchev–Trinajstić information content (AvgIpc) is 2.91. The van der Waals surface area contributed by atoms with E-state index >= 15 is 0 Å². The molecule has 6 heteroatoms. The summed E-state index contributed by atoms with van der Waals surface area (Å²) in [7, 11) is 0. The fourth-order valence-electron chi connectivity index (χ4n) is 2.97. The van der Waals surface area contributed by atoms with Gasteiger partial charge in [0.2, 0.25) is 5.95 Å². The first kappa shape index (κ1) is 17.1. The molecule has 0 amide bonds. The van der Waals surface area contributed by atoms with E-state index in [1.54, 1.807) is 6.20 Å². The summed E-state index contributed by atoms with van der Waals surface area (Å²) in [6.45, 7) is 10.9. The minimum atomic E-state index is 0.212. The number of hydrogen-bond donors (Lipinski definition) is 1. The summed E-state index contributed by atoms with van der Waals surface area (Å²) in [6, 6.07) is 8.27. The molecule has 0 fully saturated rings. The van der Waals surface area contributed by atoms with Crippen LogP contribution < -0.4 is 5.32 Å². The van der Waals surface area contributed by atoms with Crippen LogP contribution in [0.25, 0.3) is 11.3 Å². The van der Waals surface area contributed by atoms with Gasteiger partial charge in [-0.25, -0.2) is 9.97 Å². The molecule has 0 radical (unpaired) electrons. The Morgan fingerprint density at radius 2 is 1.84 bits per heavy atom. The van der Waals surface area contributed by atoms with Crippen molar-refractivity contribution in [3.05, 3.63) is 53.2 Å². The van der Waals surface area contributed by atoms with Gasteiger partial charge in [0.1, 0.15) is 0 Å². The van der Waals surface area contributed by atoms with Crippen LogP contribution in [0.2, 0.25) is 0 Å². The number of nitrogens with zero attached hydrogens (tertiary/aromatic N) is 5. The Kier molecular flexibility index (Phi) is 4.79. The number of anilines is 1. The maximum absolute atomic E-state index is 4.63. The van der Waals surface area contributed by atoms with E-state index in [4.69, 9.17) is 0 Å². The second-order valence-corrected chi connectivity index (χ2v) is 6.45. The Hall–Kier alpha value is -2.76. The van der Waals surface area contributed by atoms with E-state index in [1.165, 1.54) is 0 Å². The number of aromatic nitrogens is 5. The van der Waals surface area contributed by atoms with Gasteiger partial charge in [-0.15, -0.1) is 0 Å². The number of aryl methyl sites for hydroxylation is 4. The lowest BCUT2D eigenvalue weighted by Gasteiger charge is -2.15. The molecule has 3 aromatic rings. The van der Waals surface area contributed by atoms with Crippen LogP contribution in [0, 0.1) is 27.7 Å². The van der Waals surface area contributed by atoms with Crippen LogP contribution in [0.5, 0.6) is 0 Å². The summed E-state index contributed by atoms with van der Waals surface area (Å²) < 4.78 is 2.03. The van der Waals surface area contributed by atoms with E-state index in [0.29, 0.717) is 12.5 Å². The Morgan fingerprint density at radius 3 is 2.52 bits per heavy atom. The zero-order valence-electron chi connectivity index (χ0n) is 15.4. The molecule has 1 atom stereocenters. The maximum atomic E-state index is 4.63. The zero-order valence-corrected chi connectivity index (χ0v) is 15.4. The van der Waals surface area contributed by atoms with Crippen LogP contribution in [0.15, 0.2) is 30.5 Å². The molecule has 130 valence electrons. The van der Waals surface area contributed by atoms with E-state index in [-0.39, 0.29) is 6.04 Å². The van der Waals surface area contributed by atoms with Crippen molar-refractivity contribution in [2.45, 2.75) is 40.7 Å². The third-order valence-electron chi connectivity index (χ3n) is 4.17. The van der Waals surface area contributed by atoms with Crippen LogP contribution in [0.1, 0.15) is 35.7 Å². The van der Waals surface area contributed by atoms with Crippen molar-refractivity contribution in [3.63, 3.8) is 0 Å². The minimum absolute atomic E-state index is 0.212. The largest absolute Gasteiger partial charge is 0.352 e. The van der Waals surface area contributed by atoms with Gasteiger partial charge < -0.3 is 5.32 Å². The van der Waals surface area contributed by atoms with Gasteiger partial charge >= 0.3 is 0 Å². The molecule has 0 aliphatic heterocycles. The second kappa shape index (κ2) is 7.01. The molecule has 3 rings (SSSR count). The van der Waals surface area contributed by atoms with Crippen molar-refractivity contribution in [2.75, 3.05) is 11.9 Å². The maximum Gasteiger partial charge on any atom is 0.223 e. The molecule has 0 saturated heterocycles. The predicted octanol–water partition coefficient (Wildman–Crippen LogP) is 3.64. The Labute approximate surface area is 148 Å². The number of pyridine rings is 1. The lowest BCUT2D eigenvalue weighted by molar-refractivity contribution is 0.497. The molecule has 3 aromatic heterocycles. The molecule has 6 nitrogen and oxygen atoms in total. The molecule has 0 spiro atoms. The fourth-order valence-corrected chi connectivity index (χ4v) is 2.97. The van der Waals surface area contributed by atoms with Crippen molar-refractivity contribution in [3.8, 4) is 11.3 Å². The molecule has 1 N–H and O–H groups in total. The third-order valence-corrected chi connectivity index (χ3v) is 4.17. The van der Waals surface area contributed by atoms with E-state index in [2.05, 4.69) is 51.3 Å². The minimum Gasteiger partial charge on any atom is -0.352 e. The van der Waals surface area contributed by atoms with Crippen molar-refractivity contribution in [1.82, 2.24) is 24.7 Å². The Bertz CT molecular complexity index is 883. The molecule has 0 bridgehead atoms. The molecule has 25 heavy (non-hydrogen) atoms. The van der Waals surface area contributed by atoms with Gasteiger partial charge in [0.15, 0.2) is 0 Å². The first-order chi connectivity index (χ1) is 11.9. The summed E-state index contributed by atoms with van der Waals surface area (Å²) >= 11 is 0. The number of nitrogens with one attached hydrogen (secondary N) is 1. The van der Waals surface area contributed by atoms with Crippen LogP contribution in [-0.4, -0.2) is 31.3 Å². The first-order valence-corrected chi connectivity index (χ1v) is 8.48. The first-order valence-electron chi connectivity index (χ1n) is 8.48. The lowest BCUT2D eigenvalue weighted by atomic mass is 10.1. The highest BCUT2D eigenvalue weighted by atomic mass is 15.3. The third kappa shape index (κ3) is 3.84. The summed E-state index contributed by atoms with van der Waals surface area (Å²) in [5.41, 5.74) is 6.07. The van der Waals surface area contributed by atoms with Crippen molar-refractivity contribution in [1.29, 1.82) is 0 Å². The van der Waals surface area contributed by atoms with Crippen molar-refractivity contribution >= 4 is 5.95 Å². The van der Waals surface area contributed by atoms with Crippen molar-refractivity contribution in [2.24, 2.45) is 0 Å².